The van der Waals surface area contributed by atoms with E-state index in [4.69, 9.17) is 0 Å². The Morgan fingerprint density at radius 1 is 1.29 bits per heavy atom. The molecule has 0 radical (unpaired) electrons. The molecule has 0 bridgehead atoms. The Balaban J connectivity index is 2.27. The van der Waals surface area contributed by atoms with Crippen molar-refractivity contribution in [2.75, 3.05) is 6.54 Å². The number of nitrogens with one attached hydrogen (secondary N) is 1. The molecule has 0 aliphatic heterocycles. The Bertz CT molecular complexity index is 492. The summed E-state index contributed by atoms with van der Waals surface area (Å²) in [6.07, 6.45) is 2.20. The summed E-state index contributed by atoms with van der Waals surface area (Å²) in [4.78, 5) is 1.31. The highest BCUT2D eigenvalue weighted by atomic mass is 32.1. The topological polar surface area (TPSA) is 12.0 Å². The average molecular weight is 251 g/mol. The molecule has 1 aromatic carbocycles. The van der Waals surface area contributed by atoms with Crippen molar-refractivity contribution >= 4 is 21.4 Å². The van der Waals surface area contributed by atoms with Gasteiger partial charge in [0.25, 0.3) is 0 Å². The van der Waals surface area contributed by atoms with E-state index in [1.54, 1.807) is 17.4 Å². The van der Waals surface area contributed by atoms with Crippen molar-refractivity contribution in [3.05, 3.63) is 35.0 Å². The maximum Gasteiger partial charge on any atom is 0.123 e. The summed E-state index contributed by atoms with van der Waals surface area (Å²) >= 11 is 1.76. The monoisotopic (exact) mass is 251 g/mol. The number of thiophene rings is 1. The van der Waals surface area contributed by atoms with Crippen molar-refractivity contribution in [1.82, 2.24) is 5.32 Å². The van der Waals surface area contributed by atoms with Crippen molar-refractivity contribution in [2.45, 2.75) is 32.7 Å². The van der Waals surface area contributed by atoms with Crippen LogP contribution in [-0.4, -0.2) is 6.54 Å². The molecule has 1 unspecified atom stereocenters. The van der Waals surface area contributed by atoms with Crippen LogP contribution in [0.5, 0.6) is 0 Å². The van der Waals surface area contributed by atoms with E-state index in [9.17, 15) is 4.39 Å². The summed E-state index contributed by atoms with van der Waals surface area (Å²) in [6.45, 7) is 5.37. The van der Waals surface area contributed by atoms with E-state index >= 15 is 0 Å². The third-order valence-electron chi connectivity index (χ3n) is 2.89. The quantitative estimate of drug-likeness (QED) is 0.825. The minimum atomic E-state index is -0.156. The molecule has 2 aromatic rings. The smallest absolute Gasteiger partial charge is 0.123 e. The molecule has 0 amide bonds. The molecule has 0 spiro atoms. The molecule has 3 heteroatoms. The van der Waals surface area contributed by atoms with E-state index in [1.807, 2.05) is 6.07 Å². The van der Waals surface area contributed by atoms with Gasteiger partial charge in [-0.15, -0.1) is 11.3 Å². The summed E-state index contributed by atoms with van der Waals surface area (Å²) in [5.41, 5.74) is 0. The van der Waals surface area contributed by atoms with Crippen LogP contribution in [0.2, 0.25) is 0 Å². The van der Waals surface area contributed by atoms with Crippen LogP contribution in [0.1, 0.15) is 37.6 Å². The number of halogens is 1. The molecule has 0 fully saturated rings. The zero-order chi connectivity index (χ0) is 12.3. The Morgan fingerprint density at radius 2 is 2.12 bits per heavy atom. The molecule has 1 nitrogen and oxygen atoms in total. The molecule has 1 aromatic heterocycles. The van der Waals surface area contributed by atoms with Crippen LogP contribution in [0, 0.1) is 5.82 Å². The number of hydrogen-bond donors (Lipinski definition) is 1. The summed E-state index contributed by atoms with van der Waals surface area (Å²) in [5, 5.41) is 4.54. The molecule has 1 heterocycles. The highest BCUT2D eigenvalue weighted by molar-refractivity contribution is 7.19. The molecule has 0 saturated heterocycles. The minimum Gasteiger partial charge on any atom is -0.309 e. The van der Waals surface area contributed by atoms with Gasteiger partial charge in [-0.1, -0.05) is 13.8 Å². The Labute approximate surface area is 106 Å². The van der Waals surface area contributed by atoms with Crippen LogP contribution in [0.3, 0.4) is 0 Å². The van der Waals surface area contributed by atoms with Crippen LogP contribution in [-0.2, 0) is 0 Å². The van der Waals surface area contributed by atoms with Crippen LogP contribution < -0.4 is 5.32 Å². The van der Waals surface area contributed by atoms with Crippen LogP contribution in [0.25, 0.3) is 10.1 Å². The molecule has 0 aliphatic carbocycles. The van der Waals surface area contributed by atoms with Gasteiger partial charge in [0.2, 0.25) is 0 Å². The van der Waals surface area contributed by atoms with E-state index in [0.717, 1.165) is 29.5 Å². The van der Waals surface area contributed by atoms with Crippen molar-refractivity contribution in [1.29, 1.82) is 0 Å². The second kappa shape index (κ2) is 5.61. The summed E-state index contributed by atoms with van der Waals surface area (Å²) in [6, 6.07) is 7.52. The van der Waals surface area contributed by atoms with Gasteiger partial charge in [0.05, 0.1) is 0 Å². The first-order valence-corrected chi connectivity index (χ1v) is 6.98. The fourth-order valence-corrected chi connectivity index (χ4v) is 3.18. The van der Waals surface area contributed by atoms with E-state index < -0.39 is 0 Å². The lowest BCUT2D eigenvalue weighted by atomic mass is 10.1. The third kappa shape index (κ3) is 2.85. The maximum atomic E-state index is 13.1. The highest BCUT2D eigenvalue weighted by Gasteiger charge is 2.11. The van der Waals surface area contributed by atoms with E-state index in [0.29, 0.717) is 6.04 Å². The molecule has 92 valence electrons. The summed E-state index contributed by atoms with van der Waals surface area (Å²) < 4.78 is 14.3. The normalized spacial score (nSPS) is 13.1. The van der Waals surface area contributed by atoms with Gasteiger partial charge >= 0.3 is 0 Å². The van der Waals surface area contributed by atoms with Crippen molar-refractivity contribution in [3.63, 3.8) is 0 Å². The fraction of sp³-hybridized carbons (Fsp3) is 0.429. The van der Waals surface area contributed by atoms with Crippen LogP contribution in [0.15, 0.2) is 24.3 Å². The summed E-state index contributed by atoms with van der Waals surface area (Å²) in [5.74, 6) is -0.156. The largest absolute Gasteiger partial charge is 0.309 e. The predicted molar refractivity (Wildman–Crippen MR) is 73.1 cm³/mol. The molecule has 0 aliphatic rings. The van der Waals surface area contributed by atoms with Crippen LogP contribution in [0.4, 0.5) is 4.39 Å². The second-order valence-corrected chi connectivity index (χ2v) is 5.36. The fourth-order valence-electron chi connectivity index (χ4n) is 1.97. The number of rotatable bonds is 5. The first-order chi connectivity index (χ1) is 8.24. The predicted octanol–water partition coefficient (Wildman–Crippen LogP) is 4.49. The zero-order valence-electron chi connectivity index (χ0n) is 10.3. The Morgan fingerprint density at radius 3 is 2.82 bits per heavy atom. The van der Waals surface area contributed by atoms with Gasteiger partial charge in [-0.3, -0.25) is 0 Å². The molecule has 1 atom stereocenters. The minimum absolute atomic E-state index is 0.156. The highest BCUT2D eigenvalue weighted by Crippen LogP contribution is 2.31. The molecule has 2 rings (SSSR count). The van der Waals surface area contributed by atoms with Crippen molar-refractivity contribution < 1.29 is 4.39 Å². The van der Waals surface area contributed by atoms with Gasteiger partial charge in [-0.25, -0.2) is 4.39 Å². The SMILES string of the molecule is CCCNC(CC)c1cc2cc(F)ccc2s1. The van der Waals surface area contributed by atoms with Crippen LogP contribution >= 0.6 is 11.3 Å². The molecule has 17 heavy (non-hydrogen) atoms. The van der Waals surface area contributed by atoms with E-state index in [2.05, 4.69) is 25.2 Å². The zero-order valence-corrected chi connectivity index (χ0v) is 11.1. The lowest BCUT2D eigenvalue weighted by Crippen LogP contribution is -2.20. The van der Waals surface area contributed by atoms with Gasteiger partial charge in [-0.05, 0) is 49.0 Å². The van der Waals surface area contributed by atoms with E-state index in [1.165, 1.54) is 10.9 Å². The lowest BCUT2D eigenvalue weighted by Gasteiger charge is -2.14. The van der Waals surface area contributed by atoms with Crippen molar-refractivity contribution in [3.8, 4) is 0 Å². The first kappa shape index (κ1) is 12.5. The molecular formula is C14H18FNS. The first-order valence-electron chi connectivity index (χ1n) is 6.17. The summed E-state index contributed by atoms with van der Waals surface area (Å²) in [7, 11) is 0. The molecular weight excluding hydrogens is 233 g/mol. The van der Waals surface area contributed by atoms with Gasteiger partial charge in [0.15, 0.2) is 0 Å². The van der Waals surface area contributed by atoms with Gasteiger partial charge in [-0.2, -0.15) is 0 Å². The van der Waals surface area contributed by atoms with Crippen molar-refractivity contribution in [2.24, 2.45) is 0 Å². The van der Waals surface area contributed by atoms with Gasteiger partial charge in [0.1, 0.15) is 5.82 Å². The third-order valence-corrected chi connectivity index (χ3v) is 4.12. The maximum absolute atomic E-state index is 13.1. The van der Waals surface area contributed by atoms with E-state index in [-0.39, 0.29) is 5.82 Å². The number of hydrogen-bond acceptors (Lipinski definition) is 2. The number of benzene rings is 1. The Hall–Kier alpha value is -0.930. The second-order valence-electron chi connectivity index (χ2n) is 4.25. The molecule has 0 saturated carbocycles. The average Bonchev–Trinajstić information content (AvgIpc) is 2.72. The lowest BCUT2D eigenvalue weighted by molar-refractivity contribution is 0.526. The number of fused-ring (bicyclic) bond motifs is 1. The molecule has 1 N–H and O–H groups in total. The standard InChI is InChI=1S/C14H18FNS/c1-3-7-16-12(4-2)14-9-10-8-11(15)5-6-13(10)17-14/h5-6,8-9,12,16H,3-4,7H2,1-2H3. The van der Waals surface area contributed by atoms with Gasteiger partial charge < -0.3 is 5.32 Å². The van der Waals surface area contributed by atoms with Gasteiger partial charge in [0, 0.05) is 15.6 Å². The Kier molecular flexibility index (Phi) is 4.13.